The molecule has 106 valence electrons. The molecular formula is C11H19N5O3. The number of hydrogen-bond donors (Lipinski definition) is 3. The van der Waals surface area contributed by atoms with Gasteiger partial charge in [-0.15, -0.1) is 5.10 Å². The molecule has 3 N–H and O–H groups in total. The minimum atomic E-state index is -1.06. The summed E-state index contributed by atoms with van der Waals surface area (Å²) >= 11 is 0. The normalized spacial score (nSPS) is 12.8. The average Bonchev–Trinajstić information content (AvgIpc) is 2.77. The standard InChI is InChI=1S/C11H19N5O3/c1-11(2,3)8(9(17)18)14-10(19)12-4-6-16-7-5-13-15-16/h5,7-8H,4,6H2,1-3H3,(H,17,18)(H2,12,14,19)/t8-/m1/s1. The fourth-order valence-electron chi connectivity index (χ4n) is 1.47. The number of carbonyl (C=O) groups is 2. The van der Waals surface area contributed by atoms with E-state index in [0.717, 1.165) is 0 Å². The van der Waals surface area contributed by atoms with Gasteiger partial charge in [-0.3, -0.25) is 4.68 Å². The molecule has 8 heteroatoms. The van der Waals surface area contributed by atoms with E-state index in [2.05, 4.69) is 20.9 Å². The van der Waals surface area contributed by atoms with Crippen molar-refractivity contribution < 1.29 is 14.7 Å². The molecule has 0 aromatic carbocycles. The van der Waals surface area contributed by atoms with Crippen molar-refractivity contribution in [1.29, 1.82) is 0 Å². The minimum absolute atomic E-state index is 0.339. The Morgan fingerprint density at radius 2 is 2.11 bits per heavy atom. The third-order valence-corrected chi connectivity index (χ3v) is 2.49. The van der Waals surface area contributed by atoms with Crippen LogP contribution in [-0.4, -0.2) is 44.7 Å². The van der Waals surface area contributed by atoms with Gasteiger partial charge in [0, 0.05) is 12.7 Å². The first-order valence-electron chi connectivity index (χ1n) is 5.92. The number of aromatic nitrogens is 3. The van der Waals surface area contributed by atoms with E-state index in [1.54, 1.807) is 37.8 Å². The maximum atomic E-state index is 11.6. The first-order valence-corrected chi connectivity index (χ1v) is 5.92. The molecule has 1 aromatic rings. The highest BCUT2D eigenvalue weighted by atomic mass is 16.4. The number of aliphatic carboxylic acids is 1. The van der Waals surface area contributed by atoms with Gasteiger partial charge in [0.1, 0.15) is 6.04 Å². The second-order valence-corrected chi connectivity index (χ2v) is 5.20. The number of urea groups is 1. The molecule has 0 fully saturated rings. The Morgan fingerprint density at radius 1 is 1.42 bits per heavy atom. The van der Waals surface area contributed by atoms with Crippen LogP contribution in [0.4, 0.5) is 4.79 Å². The van der Waals surface area contributed by atoms with Crippen LogP contribution >= 0.6 is 0 Å². The van der Waals surface area contributed by atoms with Gasteiger partial charge in [-0.2, -0.15) is 0 Å². The van der Waals surface area contributed by atoms with E-state index in [0.29, 0.717) is 13.1 Å². The molecule has 1 aromatic heterocycles. The number of amides is 2. The summed E-state index contributed by atoms with van der Waals surface area (Å²) in [5.41, 5.74) is -0.560. The van der Waals surface area contributed by atoms with Crippen molar-refractivity contribution in [2.75, 3.05) is 6.54 Å². The predicted molar refractivity (Wildman–Crippen MR) is 67.4 cm³/mol. The molecule has 0 unspecified atom stereocenters. The Kier molecular flexibility index (Phi) is 4.85. The van der Waals surface area contributed by atoms with Crippen molar-refractivity contribution >= 4 is 12.0 Å². The van der Waals surface area contributed by atoms with E-state index >= 15 is 0 Å². The van der Waals surface area contributed by atoms with Gasteiger partial charge < -0.3 is 15.7 Å². The first-order chi connectivity index (χ1) is 8.80. The van der Waals surface area contributed by atoms with Crippen molar-refractivity contribution in [3.05, 3.63) is 12.4 Å². The molecule has 0 aliphatic heterocycles. The van der Waals surface area contributed by atoms with Crippen LogP contribution in [0.1, 0.15) is 20.8 Å². The topological polar surface area (TPSA) is 109 Å². The molecule has 2 amide bonds. The van der Waals surface area contributed by atoms with Gasteiger partial charge in [0.05, 0.1) is 12.7 Å². The molecule has 0 saturated heterocycles. The van der Waals surface area contributed by atoms with Crippen LogP contribution in [0.25, 0.3) is 0 Å². The summed E-state index contributed by atoms with van der Waals surface area (Å²) < 4.78 is 1.57. The lowest BCUT2D eigenvalue weighted by Gasteiger charge is -2.27. The van der Waals surface area contributed by atoms with Crippen molar-refractivity contribution in [2.45, 2.75) is 33.4 Å². The highest BCUT2D eigenvalue weighted by molar-refractivity contribution is 5.83. The number of rotatable bonds is 5. The van der Waals surface area contributed by atoms with Gasteiger partial charge in [-0.25, -0.2) is 9.59 Å². The zero-order chi connectivity index (χ0) is 14.5. The largest absolute Gasteiger partial charge is 0.480 e. The van der Waals surface area contributed by atoms with Gasteiger partial charge in [0.15, 0.2) is 0 Å². The van der Waals surface area contributed by atoms with Crippen molar-refractivity contribution in [2.24, 2.45) is 5.41 Å². The third kappa shape index (κ3) is 4.94. The Balaban J connectivity index is 2.39. The number of nitrogens with one attached hydrogen (secondary N) is 2. The number of carboxylic acids is 1. The highest BCUT2D eigenvalue weighted by Gasteiger charge is 2.32. The Morgan fingerprint density at radius 3 is 2.58 bits per heavy atom. The smallest absolute Gasteiger partial charge is 0.326 e. The van der Waals surface area contributed by atoms with Gasteiger partial charge >= 0.3 is 12.0 Å². The fourth-order valence-corrected chi connectivity index (χ4v) is 1.47. The number of nitrogens with zero attached hydrogens (tertiary/aromatic N) is 3. The summed E-state index contributed by atoms with van der Waals surface area (Å²) in [5, 5.41) is 21.5. The number of carboxylic acid groups (broad SMARTS) is 1. The molecular weight excluding hydrogens is 250 g/mol. The highest BCUT2D eigenvalue weighted by Crippen LogP contribution is 2.19. The van der Waals surface area contributed by atoms with Gasteiger partial charge in [-0.1, -0.05) is 26.0 Å². The van der Waals surface area contributed by atoms with Crippen LogP contribution in [0.3, 0.4) is 0 Å². The molecule has 0 spiro atoms. The lowest BCUT2D eigenvalue weighted by molar-refractivity contribution is -0.141. The van der Waals surface area contributed by atoms with Crippen LogP contribution in [0.15, 0.2) is 12.4 Å². The van der Waals surface area contributed by atoms with Crippen LogP contribution in [-0.2, 0) is 11.3 Å². The summed E-state index contributed by atoms with van der Waals surface area (Å²) in [6.45, 7) is 6.07. The summed E-state index contributed by atoms with van der Waals surface area (Å²) in [7, 11) is 0. The van der Waals surface area contributed by atoms with Gasteiger partial charge in [-0.05, 0) is 5.41 Å². The second-order valence-electron chi connectivity index (χ2n) is 5.20. The lowest BCUT2D eigenvalue weighted by atomic mass is 9.87. The Hall–Kier alpha value is -2.12. The van der Waals surface area contributed by atoms with Crippen LogP contribution in [0.5, 0.6) is 0 Å². The zero-order valence-electron chi connectivity index (χ0n) is 11.3. The molecule has 0 bridgehead atoms. The fraction of sp³-hybridized carbons (Fsp3) is 0.636. The minimum Gasteiger partial charge on any atom is -0.480 e. The summed E-state index contributed by atoms with van der Waals surface area (Å²) in [6, 6.07) is -1.46. The molecule has 0 aliphatic carbocycles. The Bertz CT molecular complexity index is 424. The molecule has 0 saturated carbocycles. The molecule has 0 aliphatic rings. The Labute approximate surface area is 111 Å². The number of hydrogen-bond acceptors (Lipinski definition) is 4. The summed E-state index contributed by atoms with van der Waals surface area (Å²) in [4.78, 5) is 22.7. The zero-order valence-corrected chi connectivity index (χ0v) is 11.3. The van der Waals surface area contributed by atoms with Crippen molar-refractivity contribution in [3.63, 3.8) is 0 Å². The number of carbonyl (C=O) groups excluding carboxylic acids is 1. The summed E-state index contributed by atoms with van der Waals surface area (Å²) in [5.74, 6) is -1.06. The van der Waals surface area contributed by atoms with E-state index < -0.39 is 23.5 Å². The van der Waals surface area contributed by atoms with E-state index in [9.17, 15) is 9.59 Å². The SMILES string of the molecule is CC(C)(C)[C@H](NC(=O)NCCn1ccnn1)C(=O)O. The molecule has 19 heavy (non-hydrogen) atoms. The van der Waals surface area contributed by atoms with Crippen LogP contribution in [0.2, 0.25) is 0 Å². The van der Waals surface area contributed by atoms with E-state index in [1.807, 2.05) is 0 Å². The van der Waals surface area contributed by atoms with Crippen molar-refractivity contribution in [3.8, 4) is 0 Å². The molecule has 8 nitrogen and oxygen atoms in total. The molecule has 1 heterocycles. The molecule has 1 atom stereocenters. The van der Waals surface area contributed by atoms with E-state index in [1.165, 1.54) is 0 Å². The average molecular weight is 269 g/mol. The maximum Gasteiger partial charge on any atom is 0.326 e. The molecule has 0 radical (unpaired) electrons. The third-order valence-electron chi connectivity index (χ3n) is 2.49. The van der Waals surface area contributed by atoms with Crippen LogP contribution in [0, 0.1) is 5.41 Å². The van der Waals surface area contributed by atoms with Crippen LogP contribution < -0.4 is 10.6 Å². The van der Waals surface area contributed by atoms with E-state index in [4.69, 9.17) is 5.11 Å². The summed E-state index contributed by atoms with van der Waals surface area (Å²) in [6.07, 6.45) is 3.22. The van der Waals surface area contributed by atoms with Gasteiger partial charge in [0.25, 0.3) is 0 Å². The monoisotopic (exact) mass is 269 g/mol. The maximum absolute atomic E-state index is 11.6. The second kappa shape index (κ2) is 6.17. The predicted octanol–water partition coefficient (Wildman–Crippen LogP) is 0.0766. The van der Waals surface area contributed by atoms with Gasteiger partial charge in [0.2, 0.25) is 0 Å². The van der Waals surface area contributed by atoms with E-state index in [-0.39, 0.29) is 0 Å². The lowest BCUT2D eigenvalue weighted by Crippen LogP contribution is -2.52. The first kappa shape index (κ1) is 14.9. The quantitative estimate of drug-likeness (QED) is 0.701. The molecule has 1 rings (SSSR count). The van der Waals surface area contributed by atoms with Crippen molar-refractivity contribution in [1.82, 2.24) is 25.6 Å².